The van der Waals surface area contributed by atoms with Gasteiger partial charge in [0.05, 0.1) is 24.4 Å². The third-order valence-corrected chi connectivity index (χ3v) is 4.04. The van der Waals surface area contributed by atoms with E-state index in [0.717, 1.165) is 15.6 Å². The van der Waals surface area contributed by atoms with Gasteiger partial charge in [0.2, 0.25) is 0 Å². The van der Waals surface area contributed by atoms with Crippen molar-refractivity contribution in [1.82, 2.24) is 10.7 Å². The summed E-state index contributed by atoms with van der Waals surface area (Å²) in [5.41, 5.74) is 4.80. The Morgan fingerprint density at radius 1 is 1.28 bits per heavy atom. The molecule has 0 spiro atoms. The predicted molar refractivity (Wildman–Crippen MR) is 108 cm³/mol. The lowest BCUT2D eigenvalue weighted by Gasteiger charge is -2.12. The monoisotopic (exact) mass is 421 g/mol. The third-order valence-electron chi connectivity index (χ3n) is 3.22. The van der Waals surface area contributed by atoms with Crippen LogP contribution in [0.25, 0.3) is 0 Å². The number of halogens is 1. The van der Waals surface area contributed by atoms with Crippen LogP contribution in [0.3, 0.4) is 0 Å². The van der Waals surface area contributed by atoms with Crippen LogP contribution in [-0.2, 0) is 6.54 Å². The Kier molecular flexibility index (Phi) is 7.69. The highest BCUT2D eigenvalue weighted by molar-refractivity contribution is 9.10. The average Bonchev–Trinajstić information content (AvgIpc) is 2.63. The minimum Gasteiger partial charge on any atom is -0.493 e. The molecule has 0 unspecified atom stereocenters. The van der Waals surface area contributed by atoms with E-state index in [0.29, 0.717) is 29.8 Å². The molecule has 0 aliphatic heterocycles. The lowest BCUT2D eigenvalue weighted by molar-refractivity contribution is 0.309. The Balaban J connectivity index is 1.92. The van der Waals surface area contributed by atoms with Crippen LogP contribution in [0.1, 0.15) is 18.1 Å². The molecule has 0 saturated carbocycles. The molecule has 5 nitrogen and oxygen atoms in total. The van der Waals surface area contributed by atoms with Crippen molar-refractivity contribution in [1.29, 1.82) is 0 Å². The van der Waals surface area contributed by atoms with Crippen molar-refractivity contribution < 1.29 is 9.47 Å². The maximum atomic E-state index is 5.57. The standard InChI is InChI=1S/C18H20BrN3O2S/c1-3-24-17-15(19)9-14(10-16(17)23-2)12-21-22-18(25)20-11-13-7-5-4-6-8-13/h4-10,12H,3,11H2,1-2H3,(H2,20,22,25)/b21-12-. The molecule has 0 atom stereocenters. The quantitative estimate of drug-likeness (QED) is 0.403. The van der Waals surface area contributed by atoms with Gasteiger partial charge < -0.3 is 14.8 Å². The first kappa shape index (κ1) is 19.2. The summed E-state index contributed by atoms with van der Waals surface area (Å²) < 4.78 is 11.7. The SMILES string of the molecule is CCOc1c(Br)cc(/C=N\NC(=S)NCc2ccccc2)cc1OC. The summed E-state index contributed by atoms with van der Waals surface area (Å²) in [6, 6.07) is 13.8. The van der Waals surface area contributed by atoms with E-state index in [-0.39, 0.29) is 0 Å². The summed E-state index contributed by atoms with van der Waals surface area (Å²) in [4.78, 5) is 0. The van der Waals surface area contributed by atoms with E-state index in [9.17, 15) is 0 Å². The van der Waals surface area contributed by atoms with Crippen molar-refractivity contribution in [2.24, 2.45) is 5.10 Å². The summed E-state index contributed by atoms with van der Waals surface area (Å²) >= 11 is 8.69. The summed E-state index contributed by atoms with van der Waals surface area (Å²) in [6.45, 7) is 3.13. The first-order valence-electron chi connectivity index (χ1n) is 7.75. The van der Waals surface area contributed by atoms with Gasteiger partial charge in [0.25, 0.3) is 0 Å². The fraction of sp³-hybridized carbons (Fsp3) is 0.222. The second kappa shape index (κ2) is 10.0. The van der Waals surface area contributed by atoms with Crippen molar-refractivity contribution in [2.45, 2.75) is 13.5 Å². The summed E-state index contributed by atoms with van der Waals surface area (Å²) in [5.74, 6) is 1.32. The average molecular weight is 422 g/mol. The Morgan fingerprint density at radius 2 is 2.04 bits per heavy atom. The molecule has 0 radical (unpaired) electrons. The van der Waals surface area contributed by atoms with Crippen LogP contribution in [0.15, 0.2) is 52.0 Å². The number of methoxy groups -OCH3 is 1. The third kappa shape index (κ3) is 6.03. The number of hydrazone groups is 1. The van der Waals surface area contributed by atoms with Crippen LogP contribution in [0, 0.1) is 0 Å². The topological polar surface area (TPSA) is 54.9 Å². The van der Waals surface area contributed by atoms with Gasteiger partial charge in [-0.2, -0.15) is 5.10 Å². The van der Waals surface area contributed by atoms with Gasteiger partial charge in [-0.1, -0.05) is 30.3 Å². The Morgan fingerprint density at radius 3 is 2.72 bits per heavy atom. The molecule has 0 heterocycles. The summed E-state index contributed by atoms with van der Waals surface area (Å²) in [6.07, 6.45) is 1.67. The minimum atomic E-state index is 0.456. The number of benzene rings is 2. The molecule has 0 fully saturated rings. The van der Waals surface area contributed by atoms with Gasteiger partial charge in [0.1, 0.15) is 0 Å². The first-order chi connectivity index (χ1) is 12.1. The van der Waals surface area contributed by atoms with Gasteiger partial charge in [0, 0.05) is 6.54 Å². The fourth-order valence-electron chi connectivity index (χ4n) is 2.08. The zero-order valence-corrected chi connectivity index (χ0v) is 16.5. The van der Waals surface area contributed by atoms with Crippen LogP contribution in [-0.4, -0.2) is 25.0 Å². The maximum absolute atomic E-state index is 5.57. The molecule has 2 aromatic rings. The molecule has 0 amide bonds. The number of hydrogen-bond acceptors (Lipinski definition) is 4. The molecule has 25 heavy (non-hydrogen) atoms. The van der Waals surface area contributed by atoms with Gasteiger partial charge in [-0.05, 0) is 58.3 Å². The number of hydrogen-bond donors (Lipinski definition) is 2. The Bertz CT molecular complexity index is 739. The number of ether oxygens (including phenoxy) is 2. The lowest BCUT2D eigenvalue weighted by atomic mass is 10.2. The van der Waals surface area contributed by atoms with E-state index in [1.807, 2.05) is 49.4 Å². The van der Waals surface area contributed by atoms with Crippen LogP contribution in [0.5, 0.6) is 11.5 Å². The number of nitrogens with zero attached hydrogens (tertiary/aromatic N) is 1. The van der Waals surface area contributed by atoms with Gasteiger partial charge in [-0.25, -0.2) is 0 Å². The molecule has 0 bridgehead atoms. The molecular weight excluding hydrogens is 402 g/mol. The lowest BCUT2D eigenvalue weighted by Crippen LogP contribution is -2.31. The number of rotatable bonds is 7. The van der Waals surface area contributed by atoms with Crippen molar-refractivity contribution >= 4 is 39.5 Å². The van der Waals surface area contributed by atoms with E-state index < -0.39 is 0 Å². The zero-order chi connectivity index (χ0) is 18.1. The molecule has 0 aliphatic rings. The molecule has 2 rings (SSSR count). The maximum Gasteiger partial charge on any atom is 0.187 e. The number of nitrogens with one attached hydrogen (secondary N) is 2. The van der Waals surface area contributed by atoms with Crippen molar-refractivity contribution in [3.05, 3.63) is 58.1 Å². The Labute approximate surface area is 161 Å². The smallest absolute Gasteiger partial charge is 0.187 e. The van der Waals surface area contributed by atoms with Gasteiger partial charge in [-0.15, -0.1) is 0 Å². The molecule has 2 N–H and O–H groups in total. The normalized spacial score (nSPS) is 10.5. The predicted octanol–water partition coefficient (Wildman–Crippen LogP) is 3.85. The number of thiocarbonyl (C=S) groups is 1. The Hall–Kier alpha value is -2.12. The molecular formula is C18H20BrN3O2S. The van der Waals surface area contributed by atoms with Crippen LogP contribution < -0.4 is 20.2 Å². The highest BCUT2D eigenvalue weighted by Gasteiger charge is 2.10. The van der Waals surface area contributed by atoms with E-state index in [1.165, 1.54) is 0 Å². The van der Waals surface area contributed by atoms with E-state index in [1.54, 1.807) is 13.3 Å². The zero-order valence-electron chi connectivity index (χ0n) is 14.1. The largest absolute Gasteiger partial charge is 0.493 e. The molecule has 2 aromatic carbocycles. The molecule has 0 aromatic heterocycles. The minimum absolute atomic E-state index is 0.456. The van der Waals surface area contributed by atoms with Gasteiger partial charge in [-0.3, -0.25) is 5.43 Å². The van der Waals surface area contributed by atoms with Crippen LogP contribution in [0.2, 0.25) is 0 Å². The highest BCUT2D eigenvalue weighted by atomic mass is 79.9. The van der Waals surface area contributed by atoms with Crippen LogP contribution in [0.4, 0.5) is 0 Å². The second-order valence-electron chi connectivity index (χ2n) is 5.01. The van der Waals surface area contributed by atoms with E-state index in [2.05, 4.69) is 31.8 Å². The van der Waals surface area contributed by atoms with Crippen molar-refractivity contribution in [2.75, 3.05) is 13.7 Å². The van der Waals surface area contributed by atoms with Crippen LogP contribution >= 0.6 is 28.1 Å². The first-order valence-corrected chi connectivity index (χ1v) is 8.95. The van der Waals surface area contributed by atoms with Gasteiger partial charge in [0.15, 0.2) is 16.6 Å². The van der Waals surface area contributed by atoms with Crippen molar-refractivity contribution in [3.8, 4) is 11.5 Å². The van der Waals surface area contributed by atoms with Crippen molar-refractivity contribution in [3.63, 3.8) is 0 Å². The highest BCUT2D eigenvalue weighted by Crippen LogP contribution is 2.36. The summed E-state index contributed by atoms with van der Waals surface area (Å²) in [7, 11) is 1.60. The second-order valence-corrected chi connectivity index (χ2v) is 6.27. The summed E-state index contributed by atoms with van der Waals surface area (Å²) in [5, 5.41) is 7.70. The molecule has 0 saturated heterocycles. The molecule has 7 heteroatoms. The van der Waals surface area contributed by atoms with E-state index in [4.69, 9.17) is 21.7 Å². The molecule has 132 valence electrons. The van der Waals surface area contributed by atoms with E-state index >= 15 is 0 Å². The fourth-order valence-corrected chi connectivity index (χ4v) is 2.78. The van der Waals surface area contributed by atoms with Gasteiger partial charge >= 0.3 is 0 Å². The molecule has 0 aliphatic carbocycles.